The summed E-state index contributed by atoms with van der Waals surface area (Å²) in [5, 5.41) is 0. The van der Waals surface area contributed by atoms with Crippen LogP contribution in [0.4, 0.5) is 5.69 Å². The van der Waals surface area contributed by atoms with Crippen LogP contribution in [0.1, 0.15) is 10.4 Å². The topological polar surface area (TPSA) is 29.5 Å². The quantitative estimate of drug-likeness (QED) is 0.709. The van der Waals surface area contributed by atoms with E-state index in [0.29, 0.717) is 5.56 Å². The summed E-state index contributed by atoms with van der Waals surface area (Å²) >= 11 is 0. The van der Waals surface area contributed by atoms with Crippen LogP contribution in [-0.4, -0.2) is 19.6 Å². The van der Waals surface area contributed by atoms with Crippen molar-refractivity contribution in [2.75, 3.05) is 18.6 Å². The van der Waals surface area contributed by atoms with Crippen LogP contribution in [0, 0.1) is 0 Å². The minimum atomic E-state index is -0.305. The predicted octanol–water partition coefficient (Wildman–Crippen LogP) is 2.36. The number of benzene rings is 1. The maximum absolute atomic E-state index is 11.2. The van der Waals surface area contributed by atoms with Crippen molar-refractivity contribution < 1.29 is 9.53 Å². The highest BCUT2D eigenvalue weighted by Crippen LogP contribution is 2.17. The number of hydrogen-bond acceptors (Lipinski definition) is 3. The first kappa shape index (κ1) is 10.5. The van der Waals surface area contributed by atoms with E-state index in [2.05, 4.69) is 15.7 Å². The van der Waals surface area contributed by atoms with Gasteiger partial charge in [-0.15, -0.1) is 0 Å². The normalized spacial score (nSPS) is 13.9. The molecule has 3 nitrogen and oxygen atoms in total. The molecule has 0 aliphatic carbocycles. The van der Waals surface area contributed by atoms with Crippen molar-refractivity contribution in [3.8, 4) is 0 Å². The third-order valence-corrected chi connectivity index (χ3v) is 2.44. The van der Waals surface area contributed by atoms with E-state index in [9.17, 15) is 4.79 Å². The average molecular weight is 215 g/mol. The third-order valence-electron chi connectivity index (χ3n) is 2.44. The van der Waals surface area contributed by atoms with Crippen molar-refractivity contribution in [3.63, 3.8) is 0 Å². The highest BCUT2D eigenvalue weighted by atomic mass is 16.5. The summed E-state index contributed by atoms with van der Waals surface area (Å²) in [5.74, 6) is -0.305. The molecule has 1 aromatic rings. The second kappa shape index (κ2) is 4.66. The second-order valence-corrected chi connectivity index (χ2v) is 3.46. The summed E-state index contributed by atoms with van der Waals surface area (Å²) in [5.41, 5.74) is 1.64. The molecule has 16 heavy (non-hydrogen) atoms. The van der Waals surface area contributed by atoms with E-state index in [1.54, 1.807) is 12.1 Å². The Labute approximate surface area is 94.6 Å². The monoisotopic (exact) mass is 215 g/mol. The molecule has 0 aromatic heterocycles. The minimum absolute atomic E-state index is 0.305. The van der Waals surface area contributed by atoms with Crippen LogP contribution in [0.15, 0.2) is 48.7 Å². The van der Waals surface area contributed by atoms with Gasteiger partial charge in [0.15, 0.2) is 0 Å². The van der Waals surface area contributed by atoms with Gasteiger partial charge in [0.25, 0.3) is 0 Å². The van der Waals surface area contributed by atoms with Crippen molar-refractivity contribution in [2.24, 2.45) is 0 Å². The second-order valence-electron chi connectivity index (χ2n) is 3.46. The van der Waals surface area contributed by atoms with Gasteiger partial charge in [-0.2, -0.15) is 0 Å². The van der Waals surface area contributed by atoms with Gasteiger partial charge < -0.3 is 9.64 Å². The molecular formula is C13H13NO2. The van der Waals surface area contributed by atoms with Crippen LogP contribution >= 0.6 is 0 Å². The number of carbonyl (C=O) groups excluding carboxylic acids is 1. The summed E-state index contributed by atoms with van der Waals surface area (Å²) in [7, 11) is 1.38. The summed E-state index contributed by atoms with van der Waals surface area (Å²) in [4.78, 5) is 13.3. The Balaban J connectivity index is 2.16. The fourth-order valence-corrected chi connectivity index (χ4v) is 1.57. The van der Waals surface area contributed by atoms with Gasteiger partial charge in [0.2, 0.25) is 0 Å². The lowest BCUT2D eigenvalue weighted by Crippen LogP contribution is -2.17. The number of allylic oxidation sites excluding steroid dienone is 2. The lowest BCUT2D eigenvalue weighted by molar-refractivity contribution is 0.0601. The Hall–Kier alpha value is -2.03. The number of carbonyl (C=O) groups is 1. The molecule has 0 amide bonds. The Morgan fingerprint density at radius 3 is 2.56 bits per heavy atom. The van der Waals surface area contributed by atoms with E-state index in [1.807, 2.05) is 30.5 Å². The number of methoxy groups -OCH3 is 1. The summed E-state index contributed by atoms with van der Waals surface area (Å²) in [6, 6.07) is 7.37. The van der Waals surface area contributed by atoms with Gasteiger partial charge in [0, 0.05) is 18.4 Å². The Kier molecular flexibility index (Phi) is 3.05. The summed E-state index contributed by atoms with van der Waals surface area (Å²) in [6.07, 6.45) is 8.08. The molecule has 0 fully saturated rings. The van der Waals surface area contributed by atoms with Gasteiger partial charge in [-0.25, -0.2) is 4.79 Å². The smallest absolute Gasteiger partial charge is 0.337 e. The number of nitrogens with zero attached hydrogens (tertiary/aromatic N) is 1. The molecule has 0 saturated carbocycles. The zero-order chi connectivity index (χ0) is 11.4. The molecule has 1 aliphatic rings. The lowest BCUT2D eigenvalue weighted by atomic mass is 10.2. The maximum Gasteiger partial charge on any atom is 0.337 e. The molecule has 0 radical (unpaired) electrons. The predicted molar refractivity (Wildman–Crippen MR) is 63.4 cm³/mol. The molecule has 0 saturated heterocycles. The minimum Gasteiger partial charge on any atom is -0.465 e. The highest BCUT2D eigenvalue weighted by molar-refractivity contribution is 5.89. The van der Waals surface area contributed by atoms with Gasteiger partial charge in [0.05, 0.1) is 12.7 Å². The molecule has 82 valence electrons. The van der Waals surface area contributed by atoms with Gasteiger partial charge >= 0.3 is 5.97 Å². The zero-order valence-electron chi connectivity index (χ0n) is 9.09. The third kappa shape index (κ3) is 2.14. The molecule has 0 bridgehead atoms. The first-order valence-corrected chi connectivity index (χ1v) is 5.09. The van der Waals surface area contributed by atoms with Crippen LogP contribution in [-0.2, 0) is 4.74 Å². The fourth-order valence-electron chi connectivity index (χ4n) is 1.57. The number of anilines is 1. The molecule has 2 rings (SSSR count). The van der Waals surface area contributed by atoms with Gasteiger partial charge in [0.1, 0.15) is 0 Å². The Bertz CT molecular complexity index is 432. The molecule has 0 spiro atoms. The van der Waals surface area contributed by atoms with E-state index in [4.69, 9.17) is 0 Å². The van der Waals surface area contributed by atoms with Crippen molar-refractivity contribution >= 4 is 11.7 Å². The van der Waals surface area contributed by atoms with E-state index in [1.165, 1.54) is 7.11 Å². The highest BCUT2D eigenvalue weighted by Gasteiger charge is 2.07. The number of ether oxygens (including phenoxy) is 1. The van der Waals surface area contributed by atoms with Crippen molar-refractivity contribution in [1.29, 1.82) is 0 Å². The molecule has 1 aliphatic heterocycles. The van der Waals surface area contributed by atoms with Gasteiger partial charge in [-0.1, -0.05) is 12.2 Å². The van der Waals surface area contributed by atoms with Crippen LogP contribution in [0.3, 0.4) is 0 Å². The molecular weight excluding hydrogens is 202 g/mol. The van der Waals surface area contributed by atoms with E-state index < -0.39 is 0 Å². The molecule has 0 unspecified atom stereocenters. The van der Waals surface area contributed by atoms with Crippen molar-refractivity contribution in [1.82, 2.24) is 0 Å². The van der Waals surface area contributed by atoms with Gasteiger partial charge in [-0.3, -0.25) is 0 Å². The number of rotatable bonds is 2. The van der Waals surface area contributed by atoms with Crippen LogP contribution < -0.4 is 4.90 Å². The fraction of sp³-hybridized carbons (Fsp3) is 0.154. The molecule has 0 N–H and O–H groups in total. The summed E-state index contributed by atoms with van der Waals surface area (Å²) in [6.45, 7) is 0.855. The van der Waals surface area contributed by atoms with Crippen LogP contribution in [0.25, 0.3) is 0 Å². The van der Waals surface area contributed by atoms with E-state index in [0.717, 1.165) is 12.2 Å². The summed E-state index contributed by atoms with van der Waals surface area (Å²) < 4.78 is 4.64. The molecule has 3 heteroatoms. The Morgan fingerprint density at radius 1 is 1.25 bits per heavy atom. The van der Waals surface area contributed by atoms with Gasteiger partial charge in [-0.05, 0) is 30.3 Å². The molecule has 1 heterocycles. The maximum atomic E-state index is 11.2. The van der Waals surface area contributed by atoms with Crippen molar-refractivity contribution in [3.05, 3.63) is 54.3 Å². The van der Waals surface area contributed by atoms with Crippen LogP contribution in [0.5, 0.6) is 0 Å². The molecule has 0 atom stereocenters. The SMILES string of the molecule is COC(=O)c1ccc(N2C=CC=CC2)cc1. The Morgan fingerprint density at radius 2 is 2.00 bits per heavy atom. The number of hydrogen-bond donors (Lipinski definition) is 0. The largest absolute Gasteiger partial charge is 0.465 e. The average Bonchev–Trinajstić information content (AvgIpc) is 2.39. The van der Waals surface area contributed by atoms with E-state index >= 15 is 0 Å². The molecule has 1 aromatic carbocycles. The number of esters is 1. The first-order valence-electron chi connectivity index (χ1n) is 5.09. The lowest BCUT2D eigenvalue weighted by Gasteiger charge is -2.20. The standard InChI is InChI=1S/C13H13NO2/c1-16-13(15)11-5-7-12(8-6-11)14-9-3-2-4-10-14/h2-9H,10H2,1H3. The van der Waals surface area contributed by atoms with Crippen LogP contribution in [0.2, 0.25) is 0 Å². The first-order chi connectivity index (χ1) is 7.81. The van der Waals surface area contributed by atoms with E-state index in [-0.39, 0.29) is 5.97 Å². The zero-order valence-corrected chi connectivity index (χ0v) is 9.09. The van der Waals surface area contributed by atoms with Crippen molar-refractivity contribution in [2.45, 2.75) is 0 Å².